The van der Waals surface area contributed by atoms with Crippen molar-refractivity contribution in [1.82, 2.24) is 14.7 Å². The van der Waals surface area contributed by atoms with Crippen molar-refractivity contribution in [3.05, 3.63) is 17.5 Å². The Morgan fingerprint density at radius 3 is 2.80 bits per heavy atom. The van der Waals surface area contributed by atoms with E-state index in [2.05, 4.69) is 5.10 Å². The lowest BCUT2D eigenvalue weighted by molar-refractivity contribution is -0.153. The smallest absolute Gasteiger partial charge is 0.328 e. The first-order valence-corrected chi connectivity index (χ1v) is 7.00. The Hall–Kier alpha value is -1.85. The molecule has 1 aromatic heterocycles. The Morgan fingerprint density at radius 1 is 1.45 bits per heavy atom. The van der Waals surface area contributed by atoms with Gasteiger partial charge >= 0.3 is 5.97 Å². The molecule has 2 heterocycles. The molecule has 0 aliphatic carbocycles. The Bertz CT molecular complexity index is 510. The van der Waals surface area contributed by atoms with Gasteiger partial charge in [-0.3, -0.25) is 9.48 Å². The van der Waals surface area contributed by atoms with E-state index in [4.69, 9.17) is 4.74 Å². The first-order valence-electron chi connectivity index (χ1n) is 7.00. The number of aromatic nitrogens is 2. The second-order valence-electron chi connectivity index (χ2n) is 5.08. The summed E-state index contributed by atoms with van der Waals surface area (Å²) in [6, 6.07) is 1.50. The summed E-state index contributed by atoms with van der Waals surface area (Å²) in [6.07, 6.45) is 1.52. The number of nitrogens with zero attached hydrogens (tertiary/aromatic N) is 3. The lowest BCUT2D eigenvalue weighted by Gasteiger charge is -2.23. The molecule has 1 fully saturated rings. The molecule has 0 aromatic carbocycles. The molecule has 20 heavy (non-hydrogen) atoms. The minimum atomic E-state index is -0.431. The summed E-state index contributed by atoms with van der Waals surface area (Å²) < 4.78 is 6.71. The molecule has 0 spiro atoms. The fourth-order valence-corrected chi connectivity index (χ4v) is 2.60. The second-order valence-corrected chi connectivity index (χ2v) is 5.08. The van der Waals surface area contributed by atoms with E-state index in [1.165, 1.54) is 0 Å². The van der Waals surface area contributed by atoms with Crippen LogP contribution in [0, 0.1) is 13.8 Å². The Balaban J connectivity index is 2.04. The van der Waals surface area contributed by atoms with E-state index in [0.717, 1.165) is 17.8 Å². The van der Waals surface area contributed by atoms with Crippen LogP contribution in [-0.4, -0.2) is 45.8 Å². The maximum Gasteiger partial charge on any atom is 0.328 e. The van der Waals surface area contributed by atoms with E-state index in [9.17, 15) is 9.59 Å². The predicted octanol–water partition coefficient (Wildman–Crippen LogP) is 1.05. The Labute approximate surface area is 118 Å². The van der Waals surface area contributed by atoms with Crippen LogP contribution in [0.4, 0.5) is 0 Å². The average molecular weight is 279 g/mol. The summed E-state index contributed by atoms with van der Waals surface area (Å²) in [5.41, 5.74) is 1.83. The van der Waals surface area contributed by atoms with Gasteiger partial charge < -0.3 is 9.64 Å². The summed E-state index contributed by atoms with van der Waals surface area (Å²) in [7, 11) is 0. The van der Waals surface area contributed by atoms with Gasteiger partial charge in [0.05, 0.1) is 12.3 Å². The van der Waals surface area contributed by atoms with E-state index >= 15 is 0 Å². The van der Waals surface area contributed by atoms with Gasteiger partial charge in [0, 0.05) is 12.2 Å². The largest absolute Gasteiger partial charge is 0.464 e. The topological polar surface area (TPSA) is 64.4 Å². The minimum Gasteiger partial charge on any atom is -0.464 e. The first kappa shape index (κ1) is 14.6. The molecule has 1 amide bonds. The van der Waals surface area contributed by atoms with E-state index in [1.807, 2.05) is 19.9 Å². The van der Waals surface area contributed by atoms with Gasteiger partial charge in [0.15, 0.2) is 0 Å². The number of carbonyl (C=O) groups excluding carboxylic acids is 2. The normalized spacial score (nSPS) is 18.4. The van der Waals surface area contributed by atoms with E-state index < -0.39 is 6.04 Å². The molecule has 1 aromatic rings. The lowest BCUT2D eigenvalue weighted by atomic mass is 10.2. The molecular formula is C14H21N3O3. The second kappa shape index (κ2) is 6.07. The van der Waals surface area contributed by atoms with Crippen LogP contribution in [0.3, 0.4) is 0 Å². The number of likely N-dealkylation sites (tertiary alicyclic amines) is 1. The Morgan fingerprint density at radius 2 is 2.20 bits per heavy atom. The standard InChI is InChI=1S/C14H21N3O3/c1-4-20-14(19)12-6-5-7-16(12)13(18)9-17-11(3)8-10(2)15-17/h8,12H,4-7,9H2,1-3H3. The third-order valence-electron chi connectivity index (χ3n) is 3.52. The third-order valence-corrected chi connectivity index (χ3v) is 3.52. The molecule has 0 bridgehead atoms. The zero-order valence-electron chi connectivity index (χ0n) is 12.3. The van der Waals surface area contributed by atoms with E-state index in [-0.39, 0.29) is 18.4 Å². The maximum atomic E-state index is 12.4. The molecule has 0 radical (unpaired) electrons. The molecule has 2 rings (SSSR count). The molecule has 0 N–H and O–H groups in total. The monoisotopic (exact) mass is 279 g/mol. The highest BCUT2D eigenvalue weighted by molar-refractivity contribution is 5.85. The number of ether oxygens (including phenoxy) is 1. The van der Waals surface area contributed by atoms with Crippen molar-refractivity contribution in [2.24, 2.45) is 0 Å². The number of hydrogen-bond donors (Lipinski definition) is 0. The van der Waals surface area contributed by atoms with Gasteiger partial charge in [-0.1, -0.05) is 0 Å². The quantitative estimate of drug-likeness (QED) is 0.773. The van der Waals surface area contributed by atoms with Crippen LogP contribution in [0.25, 0.3) is 0 Å². The van der Waals surface area contributed by atoms with Crippen LogP contribution < -0.4 is 0 Å². The van der Waals surface area contributed by atoms with Crippen molar-refractivity contribution in [1.29, 1.82) is 0 Å². The fourth-order valence-electron chi connectivity index (χ4n) is 2.60. The number of hydrogen-bond acceptors (Lipinski definition) is 4. The number of aryl methyl sites for hydroxylation is 2. The van der Waals surface area contributed by atoms with Crippen molar-refractivity contribution in [2.45, 2.75) is 46.2 Å². The van der Waals surface area contributed by atoms with Crippen molar-refractivity contribution < 1.29 is 14.3 Å². The van der Waals surface area contributed by atoms with Crippen LogP contribution in [0.1, 0.15) is 31.2 Å². The highest BCUT2D eigenvalue weighted by Crippen LogP contribution is 2.19. The number of rotatable bonds is 4. The Kier molecular flexibility index (Phi) is 4.42. The lowest BCUT2D eigenvalue weighted by Crippen LogP contribution is -2.43. The molecule has 0 saturated carbocycles. The molecule has 1 atom stereocenters. The van der Waals surface area contributed by atoms with Gasteiger partial charge in [0.25, 0.3) is 0 Å². The fraction of sp³-hybridized carbons (Fsp3) is 0.643. The van der Waals surface area contributed by atoms with Crippen molar-refractivity contribution in [2.75, 3.05) is 13.2 Å². The molecule has 1 unspecified atom stereocenters. The van der Waals surface area contributed by atoms with Crippen molar-refractivity contribution >= 4 is 11.9 Å². The van der Waals surface area contributed by atoms with Gasteiger partial charge in [-0.15, -0.1) is 0 Å². The third kappa shape index (κ3) is 3.00. The highest BCUT2D eigenvalue weighted by atomic mass is 16.5. The van der Waals surface area contributed by atoms with Gasteiger partial charge in [-0.2, -0.15) is 5.10 Å². The summed E-state index contributed by atoms with van der Waals surface area (Å²) in [4.78, 5) is 25.8. The molecule has 6 heteroatoms. The van der Waals surface area contributed by atoms with Crippen molar-refractivity contribution in [3.63, 3.8) is 0 Å². The van der Waals surface area contributed by atoms with E-state index in [1.54, 1.807) is 16.5 Å². The summed E-state index contributed by atoms with van der Waals surface area (Å²) in [6.45, 7) is 6.71. The van der Waals surface area contributed by atoms with Crippen LogP contribution in [0.5, 0.6) is 0 Å². The molecule has 1 aliphatic heterocycles. The molecule has 6 nitrogen and oxygen atoms in total. The summed E-state index contributed by atoms with van der Waals surface area (Å²) >= 11 is 0. The molecule has 110 valence electrons. The minimum absolute atomic E-state index is 0.0771. The summed E-state index contributed by atoms with van der Waals surface area (Å²) in [5, 5.41) is 4.28. The summed E-state index contributed by atoms with van der Waals surface area (Å²) in [5.74, 6) is -0.376. The number of carbonyl (C=O) groups is 2. The van der Waals surface area contributed by atoms with E-state index in [0.29, 0.717) is 19.6 Å². The zero-order valence-corrected chi connectivity index (χ0v) is 12.3. The molecule has 1 aliphatic rings. The van der Waals surface area contributed by atoms with Gasteiger partial charge in [0.2, 0.25) is 5.91 Å². The van der Waals surface area contributed by atoms with Crippen LogP contribution >= 0.6 is 0 Å². The molecular weight excluding hydrogens is 258 g/mol. The van der Waals surface area contributed by atoms with Gasteiger partial charge in [-0.05, 0) is 39.7 Å². The average Bonchev–Trinajstić information content (AvgIpc) is 2.97. The van der Waals surface area contributed by atoms with Crippen molar-refractivity contribution in [3.8, 4) is 0 Å². The van der Waals surface area contributed by atoms with Gasteiger partial charge in [-0.25, -0.2) is 4.79 Å². The SMILES string of the molecule is CCOC(=O)C1CCCN1C(=O)Cn1nc(C)cc1C. The van der Waals surface area contributed by atoms with Crippen LogP contribution in [0.2, 0.25) is 0 Å². The zero-order chi connectivity index (χ0) is 14.7. The van der Waals surface area contributed by atoms with Gasteiger partial charge in [0.1, 0.15) is 12.6 Å². The van der Waals surface area contributed by atoms with Crippen LogP contribution in [0.15, 0.2) is 6.07 Å². The first-order chi connectivity index (χ1) is 9.52. The highest BCUT2D eigenvalue weighted by Gasteiger charge is 2.35. The predicted molar refractivity (Wildman–Crippen MR) is 73.1 cm³/mol. The number of amides is 1. The number of esters is 1. The van der Waals surface area contributed by atoms with Crippen LogP contribution in [-0.2, 0) is 20.9 Å². The molecule has 1 saturated heterocycles. The maximum absolute atomic E-state index is 12.4.